The number of carbonyl (C=O) groups excluding carboxylic acids is 3. The van der Waals surface area contributed by atoms with Crippen LogP contribution < -0.4 is 11.1 Å². The highest BCUT2D eigenvalue weighted by atomic mass is 35.5. The van der Waals surface area contributed by atoms with Gasteiger partial charge in [-0.3, -0.25) is 14.4 Å². The summed E-state index contributed by atoms with van der Waals surface area (Å²) in [5, 5.41) is 2.59. The largest absolute Gasteiger partial charge is 0.346 e. The van der Waals surface area contributed by atoms with E-state index in [1.54, 1.807) is 9.80 Å². The van der Waals surface area contributed by atoms with Crippen LogP contribution in [0.4, 0.5) is 0 Å². The Kier molecular flexibility index (Phi) is 8.52. The number of rotatable bonds is 5. The van der Waals surface area contributed by atoms with E-state index in [0.29, 0.717) is 26.2 Å². The smallest absolute Gasteiger partial charge is 0.264 e. The number of hydrogen-bond acceptors (Lipinski definition) is 5. The van der Waals surface area contributed by atoms with Gasteiger partial charge in [0.15, 0.2) is 0 Å². The number of nitrogens with two attached hydrogens (primary N) is 1. The van der Waals surface area contributed by atoms with E-state index in [0.717, 1.165) is 9.75 Å². The van der Waals surface area contributed by atoms with Crippen LogP contribution in [0.25, 0.3) is 0 Å². The molecule has 3 N–H and O–H groups in total. The molecule has 26 heavy (non-hydrogen) atoms. The van der Waals surface area contributed by atoms with Crippen LogP contribution in [0.3, 0.4) is 0 Å². The minimum atomic E-state index is -0.614. The maximum absolute atomic E-state index is 12.4. The molecule has 1 fully saturated rings. The number of nitrogens with zero attached hydrogens (tertiary/aromatic N) is 2. The first-order valence-electron chi connectivity index (χ1n) is 8.46. The molecular weight excluding hydrogens is 376 g/mol. The summed E-state index contributed by atoms with van der Waals surface area (Å²) in [6.45, 7) is 7.58. The third kappa shape index (κ3) is 5.69. The van der Waals surface area contributed by atoms with Crippen molar-refractivity contribution in [2.45, 2.75) is 26.8 Å². The Morgan fingerprint density at radius 3 is 2.23 bits per heavy atom. The van der Waals surface area contributed by atoms with E-state index < -0.39 is 6.04 Å². The van der Waals surface area contributed by atoms with Crippen LogP contribution >= 0.6 is 23.7 Å². The fourth-order valence-corrected chi connectivity index (χ4v) is 3.39. The lowest BCUT2D eigenvalue weighted by atomic mass is 10.1. The van der Waals surface area contributed by atoms with Gasteiger partial charge in [0, 0.05) is 31.1 Å². The number of amides is 3. The number of hydrogen-bond donors (Lipinski definition) is 2. The maximum Gasteiger partial charge on any atom is 0.264 e. The van der Waals surface area contributed by atoms with E-state index in [9.17, 15) is 14.4 Å². The Morgan fingerprint density at radius 2 is 1.73 bits per heavy atom. The predicted molar refractivity (Wildman–Crippen MR) is 105 cm³/mol. The first-order valence-corrected chi connectivity index (χ1v) is 9.28. The summed E-state index contributed by atoms with van der Waals surface area (Å²) in [7, 11) is 0. The van der Waals surface area contributed by atoms with Gasteiger partial charge >= 0.3 is 0 Å². The second-order valence-electron chi connectivity index (χ2n) is 6.57. The van der Waals surface area contributed by atoms with Gasteiger partial charge in [0.25, 0.3) is 5.91 Å². The van der Waals surface area contributed by atoms with Gasteiger partial charge in [0.05, 0.1) is 17.5 Å². The van der Waals surface area contributed by atoms with Crippen LogP contribution in [0.1, 0.15) is 28.4 Å². The van der Waals surface area contributed by atoms with Crippen LogP contribution in [0.15, 0.2) is 12.1 Å². The quantitative estimate of drug-likeness (QED) is 0.763. The second kappa shape index (κ2) is 9.89. The summed E-state index contributed by atoms with van der Waals surface area (Å²) in [5.41, 5.74) is 5.75. The first kappa shape index (κ1) is 22.4. The third-order valence-electron chi connectivity index (χ3n) is 4.31. The predicted octanol–water partition coefficient (Wildman–Crippen LogP) is 0.862. The number of carbonyl (C=O) groups is 3. The average molecular weight is 403 g/mol. The molecule has 1 aliphatic heterocycles. The van der Waals surface area contributed by atoms with Gasteiger partial charge in [-0.1, -0.05) is 13.8 Å². The number of thiophene rings is 1. The zero-order chi connectivity index (χ0) is 18.6. The third-order valence-corrected chi connectivity index (χ3v) is 5.29. The van der Waals surface area contributed by atoms with Gasteiger partial charge in [0.1, 0.15) is 0 Å². The number of nitrogens with one attached hydrogen (secondary N) is 1. The van der Waals surface area contributed by atoms with Crippen molar-refractivity contribution in [2.75, 3.05) is 32.7 Å². The normalized spacial score (nSPS) is 15.4. The molecule has 0 aliphatic carbocycles. The topological polar surface area (TPSA) is 95.7 Å². The van der Waals surface area contributed by atoms with Gasteiger partial charge in [-0.05, 0) is 25.0 Å². The molecule has 9 heteroatoms. The maximum atomic E-state index is 12.4. The molecule has 0 bridgehead atoms. The molecule has 0 unspecified atom stereocenters. The molecule has 0 aromatic carbocycles. The highest BCUT2D eigenvalue weighted by Gasteiger charge is 2.26. The summed E-state index contributed by atoms with van der Waals surface area (Å²) in [6.07, 6.45) is 0. The molecular formula is C17H27ClN4O3S. The highest BCUT2D eigenvalue weighted by molar-refractivity contribution is 7.13. The molecule has 1 atom stereocenters. The molecule has 2 rings (SSSR count). The van der Waals surface area contributed by atoms with Crippen molar-refractivity contribution in [3.05, 3.63) is 21.9 Å². The Labute approximate surface area is 164 Å². The lowest BCUT2D eigenvalue weighted by Crippen LogP contribution is -2.53. The number of piperazine rings is 1. The van der Waals surface area contributed by atoms with E-state index >= 15 is 0 Å². The highest BCUT2D eigenvalue weighted by Crippen LogP contribution is 2.18. The fourth-order valence-electron chi connectivity index (χ4n) is 2.56. The molecule has 0 spiro atoms. The molecule has 7 nitrogen and oxygen atoms in total. The van der Waals surface area contributed by atoms with E-state index in [4.69, 9.17) is 5.73 Å². The van der Waals surface area contributed by atoms with Crippen LogP contribution in [0.2, 0.25) is 0 Å². The van der Waals surface area contributed by atoms with E-state index in [2.05, 4.69) is 5.32 Å². The van der Waals surface area contributed by atoms with E-state index in [-0.39, 0.29) is 42.6 Å². The molecule has 1 aromatic rings. The van der Waals surface area contributed by atoms with Gasteiger partial charge in [-0.15, -0.1) is 23.7 Å². The Bertz CT molecular complexity index is 642. The van der Waals surface area contributed by atoms with Crippen molar-refractivity contribution < 1.29 is 14.4 Å². The zero-order valence-electron chi connectivity index (χ0n) is 15.4. The summed E-state index contributed by atoms with van der Waals surface area (Å²) in [4.78, 5) is 41.7. The minimum absolute atomic E-state index is 0. The number of halogens is 1. The molecule has 1 aromatic heterocycles. The van der Waals surface area contributed by atoms with E-state index in [1.165, 1.54) is 11.3 Å². The summed E-state index contributed by atoms with van der Waals surface area (Å²) < 4.78 is 0. The first-order chi connectivity index (χ1) is 11.8. The van der Waals surface area contributed by atoms with Crippen molar-refractivity contribution in [3.63, 3.8) is 0 Å². The molecule has 0 saturated carbocycles. The lowest BCUT2D eigenvalue weighted by Gasteiger charge is -2.34. The van der Waals surface area contributed by atoms with Crippen LogP contribution in [-0.4, -0.2) is 66.3 Å². The van der Waals surface area contributed by atoms with Crippen molar-refractivity contribution in [3.8, 4) is 0 Å². The summed E-state index contributed by atoms with van der Waals surface area (Å²) in [5.74, 6) is -0.430. The molecule has 0 radical (unpaired) electrons. The summed E-state index contributed by atoms with van der Waals surface area (Å²) >= 11 is 1.48. The van der Waals surface area contributed by atoms with Crippen LogP contribution in [-0.2, 0) is 9.59 Å². The summed E-state index contributed by atoms with van der Waals surface area (Å²) in [6, 6.07) is 3.16. The molecule has 2 heterocycles. The Morgan fingerprint density at radius 1 is 1.15 bits per heavy atom. The zero-order valence-corrected chi connectivity index (χ0v) is 17.0. The van der Waals surface area contributed by atoms with Crippen molar-refractivity contribution in [2.24, 2.45) is 11.7 Å². The number of aryl methyl sites for hydroxylation is 1. The van der Waals surface area contributed by atoms with Gasteiger partial charge in [-0.25, -0.2) is 0 Å². The second-order valence-corrected chi connectivity index (χ2v) is 7.86. The Balaban J connectivity index is 0.00000338. The van der Waals surface area contributed by atoms with E-state index in [1.807, 2.05) is 32.9 Å². The average Bonchev–Trinajstić information content (AvgIpc) is 3.04. The standard InChI is InChI=1S/C17H26N4O3S.ClH/c1-11(2)15(18)16(23)19-10-14(22)20-6-8-21(9-7-20)17(24)13-5-4-12(3)25-13;/h4-5,11,15H,6-10,18H2,1-3H3,(H,19,23);1H/t15-;/m0./s1. The van der Waals surface area contributed by atoms with Gasteiger partial charge in [-0.2, -0.15) is 0 Å². The Hall–Kier alpha value is -1.64. The van der Waals surface area contributed by atoms with Gasteiger partial charge < -0.3 is 20.9 Å². The van der Waals surface area contributed by atoms with Crippen LogP contribution in [0, 0.1) is 12.8 Å². The minimum Gasteiger partial charge on any atom is -0.346 e. The van der Waals surface area contributed by atoms with Gasteiger partial charge in [0.2, 0.25) is 11.8 Å². The lowest BCUT2D eigenvalue weighted by molar-refractivity contribution is -0.134. The molecule has 146 valence electrons. The monoisotopic (exact) mass is 402 g/mol. The van der Waals surface area contributed by atoms with Crippen LogP contribution in [0.5, 0.6) is 0 Å². The van der Waals surface area contributed by atoms with Crippen molar-refractivity contribution >= 4 is 41.5 Å². The molecule has 1 saturated heterocycles. The van der Waals surface area contributed by atoms with Crippen molar-refractivity contribution in [1.29, 1.82) is 0 Å². The fraction of sp³-hybridized carbons (Fsp3) is 0.588. The van der Waals surface area contributed by atoms with Crippen molar-refractivity contribution in [1.82, 2.24) is 15.1 Å². The SMILES string of the molecule is Cc1ccc(C(=O)N2CCN(C(=O)CNC(=O)[C@@H](N)C(C)C)CC2)s1.Cl. The molecule has 3 amide bonds. The molecule has 1 aliphatic rings.